The summed E-state index contributed by atoms with van der Waals surface area (Å²) < 4.78 is 0. The molecule has 0 bridgehead atoms. The van der Waals surface area contributed by atoms with E-state index in [-0.39, 0.29) is 6.04 Å². The highest BCUT2D eigenvalue weighted by Gasteiger charge is 2.19. The molecule has 3 heteroatoms. The van der Waals surface area contributed by atoms with Gasteiger partial charge in [-0.15, -0.1) is 0 Å². The molecule has 0 aromatic carbocycles. The van der Waals surface area contributed by atoms with Crippen molar-refractivity contribution in [2.24, 2.45) is 0 Å². The molecule has 0 aliphatic heterocycles. The van der Waals surface area contributed by atoms with E-state index < -0.39 is 12.2 Å². The molecule has 3 atom stereocenters. The first kappa shape index (κ1) is 14.4. The predicted octanol–water partition coefficient (Wildman–Crippen LogP) is 0.752. The monoisotopic (exact) mass is 177 g/mol. The lowest BCUT2D eigenvalue weighted by molar-refractivity contribution is -0.000187. The second-order valence-electron chi connectivity index (χ2n) is 2.54. The van der Waals surface area contributed by atoms with Gasteiger partial charge in [0, 0.05) is 6.04 Å². The van der Waals surface area contributed by atoms with Gasteiger partial charge in [0.15, 0.2) is 0 Å². The maximum absolute atomic E-state index is 9.27. The van der Waals surface area contributed by atoms with E-state index in [1.54, 1.807) is 7.05 Å². The molecule has 0 aliphatic carbocycles. The van der Waals surface area contributed by atoms with Crippen LogP contribution in [0.5, 0.6) is 0 Å². The first-order valence-corrected chi connectivity index (χ1v) is 4.66. The summed E-state index contributed by atoms with van der Waals surface area (Å²) in [6, 6.07) is -0.0463. The minimum atomic E-state index is -0.657. The van der Waals surface area contributed by atoms with Crippen molar-refractivity contribution in [1.29, 1.82) is 0 Å². The number of hydrogen-bond acceptors (Lipinski definition) is 3. The fourth-order valence-electron chi connectivity index (χ4n) is 0.745. The molecule has 0 aromatic rings. The summed E-state index contributed by atoms with van der Waals surface area (Å²) in [6.07, 6.45) is -0.676. The number of aliphatic hydroxyl groups excluding tert-OH is 2. The summed E-state index contributed by atoms with van der Waals surface area (Å²) >= 11 is 0. The Bertz CT molecular complexity index is 78.6. The van der Waals surface area contributed by atoms with Crippen LogP contribution in [0.2, 0.25) is 0 Å². The lowest BCUT2D eigenvalue weighted by Crippen LogP contribution is -2.42. The van der Waals surface area contributed by atoms with E-state index in [1.807, 2.05) is 27.7 Å². The van der Waals surface area contributed by atoms with Crippen molar-refractivity contribution in [3.05, 3.63) is 0 Å². The van der Waals surface area contributed by atoms with Gasteiger partial charge in [-0.3, -0.25) is 0 Å². The van der Waals surface area contributed by atoms with Gasteiger partial charge < -0.3 is 15.5 Å². The molecule has 3 nitrogen and oxygen atoms in total. The smallest absolute Gasteiger partial charge is 0.0948 e. The summed E-state index contributed by atoms with van der Waals surface area (Å²) in [7, 11) is 1.76. The lowest BCUT2D eigenvalue weighted by atomic mass is 10.1. The molecule has 0 fully saturated rings. The Morgan fingerprint density at radius 2 is 1.67 bits per heavy atom. The van der Waals surface area contributed by atoms with E-state index in [1.165, 1.54) is 0 Å². The van der Waals surface area contributed by atoms with E-state index in [0.717, 1.165) is 0 Å². The number of rotatable bonds is 4. The van der Waals surface area contributed by atoms with Crippen molar-refractivity contribution in [1.82, 2.24) is 5.32 Å². The van der Waals surface area contributed by atoms with Gasteiger partial charge in [0.25, 0.3) is 0 Å². The third-order valence-corrected chi connectivity index (χ3v) is 1.78. The van der Waals surface area contributed by atoms with Crippen LogP contribution in [0, 0.1) is 0 Å². The average Bonchev–Trinajstić information content (AvgIpc) is 2.17. The minimum Gasteiger partial charge on any atom is -0.390 e. The van der Waals surface area contributed by atoms with Crippen molar-refractivity contribution in [2.45, 2.75) is 52.4 Å². The van der Waals surface area contributed by atoms with Gasteiger partial charge in [-0.2, -0.15) is 0 Å². The van der Waals surface area contributed by atoms with Crippen molar-refractivity contribution < 1.29 is 10.2 Å². The third-order valence-electron chi connectivity index (χ3n) is 1.78. The van der Waals surface area contributed by atoms with E-state index in [2.05, 4.69) is 5.32 Å². The molecule has 3 unspecified atom stereocenters. The molecule has 0 radical (unpaired) electrons. The standard InChI is InChI=1S/C7H17NO2.C2H6/c1-4-6(9)7(10)5(2)8-3;1-2/h5-10H,4H2,1-3H3;1-2H3. The molecule has 0 heterocycles. The second-order valence-corrected chi connectivity index (χ2v) is 2.54. The Kier molecular flexibility index (Phi) is 10.8. The third kappa shape index (κ3) is 5.52. The number of aliphatic hydroxyl groups is 2. The van der Waals surface area contributed by atoms with Gasteiger partial charge in [-0.1, -0.05) is 20.8 Å². The first-order valence-electron chi connectivity index (χ1n) is 4.66. The quantitative estimate of drug-likeness (QED) is 0.594. The Hall–Kier alpha value is -0.120. The summed E-state index contributed by atoms with van der Waals surface area (Å²) in [5.74, 6) is 0. The van der Waals surface area contributed by atoms with Gasteiger partial charge in [-0.25, -0.2) is 0 Å². The van der Waals surface area contributed by atoms with E-state index >= 15 is 0 Å². The zero-order valence-electron chi connectivity index (χ0n) is 8.83. The van der Waals surface area contributed by atoms with Gasteiger partial charge in [0.2, 0.25) is 0 Å². The van der Waals surface area contributed by atoms with E-state index in [0.29, 0.717) is 6.42 Å². The van der Waals surface area contributed by atoms with Crippen LogP contribution in [-0.2, 0) is 0 Å². The van der Waals surface area contributed by atoms with Crippen LogP contribution in [-0.4, -0.2) is 35.5 Å². The van der Waals surface area contributed by atoms with Gasteiger partial charge >= 0.3 is 0 Å². The van der Waals surface area contributed by atoms with Crippen LogP contribution in [0.15, 0.2) is 0 Å². The molecule has 12 heavy (non-hydrogen) atoms. The van der Waals surface area contributed by atoms with Crippen LogP contribution in [0.3, 0.4) is 0 Å². The molecule has 76 valence electrons. The lowest BCUT2D eigenvalue weighted by Gasteiger charge is -2.22. The molecule has 0 aliphatic rings. The molecular formula is C9H23NO2. The molecule has 3 N–H and O–H groups in total. The number of nitrogens with one attached hydrogen (secondary N) is 1. The Balaban J connectivity index is 0. The summed E-state index contributed by atoms with van der Waals surface area (Å²) in [4.78, 5) is 0. The largest absolute Gasteiger partial charge is 0.390 e. The van der Waals surface area contributed by atoms with Crippen molar-refractivity contribution in [3.63, 3.8) is 0 Å². The summed E-state index contributed by atoms with van der Waals surface area (Å²) in [5.41, 5.74) is 0. The Morgan fingerprint density at radius 1 is 1.25 bits per heavy atom. The highest BCUT2D eigenvalue weighted by molar-refractivity contribution is 4.75. The highest BCUT2D eigenvalue weighted by Crippen LogP contribution is 2.02. The highest BCUT2D eigenvalue weighted by atomic mass is 16.3. The van der Waals surface area contributed by atoms with Crippen LogP contribution in [0.1, 0.15) is 34.1 Å². The molecule has 0 saturated heterocycles. The zero-order valence-corrected chi connectivity index (χ0v) is 8.83. The van der Waals surface area contributed by atoms with Gasteiger partial charge in [0.05, 0.1) is 12.2 Å². The molecule has 0 aromatic heterocycles. The van der Waals surface area contributed by atoms with Gasteiger partial charge in [-0.05, 0) is 20.4 Å². The molecular weight excluding hydrogens is 154 g/mol. The van der Waals surface area contributed by atoms with E-state index in [4.69, 9.17) is 5.11 Å². The first-order chi connectivity index (χ1) is 5.63. The fraction of sp³-hybridized carbons (Fsp3) is 1.00. The molecule has 0 saturated carbocycles. The summed E-state index contributed by atoms with van der Waals surface area (Å²) in [5, 5.41) is 21.3. The Labute approximate surface area is 75.8 Å². The van der Waals surface area contributed by atoms with Crippen molar-refractivity contribution >= 4 is 0 Å². The van der Waals surface area contributed by atoms with Crippen LogP contribution in [0.4, 0.5) is 0 Å². The van der Waals surface area contributed by atoms with Crippen LogP contribution in [0.25, 0.3) is 0 Å². The van der Waals surface area contributed by atoms with Crippen molar-refractivity contribution in [3.8, 4) is 0 Å². The average molecular weight is 177 g/mol. The maximum Gasteiger partial charge on any atom is 0.0948 e. The van der Waals surface area contributed by atoms with Crippen molar-refractivity contribution in [2.75, 3.05) is 7.05 Å². The molecule has 0 amide bonds. The number of hydrogen-bond donors (Lipinski definition) is 3. The number of likely N-dealkylation sites (N-methyl/N-ethyl adjacent to an activating group) is 1. The zero-order chi connectivity index (χ0) is 10.1. The molecule has 0 rings (SSSR count). The fourth-order valence-corrected chi connectivity index (χ4v) is 0.745. The maximum atomic E-state index is 9.27. The normalized spacial score (nSPS) is 17.2. The topological polar surface area (TPSA) is 52.5 Å². The van der Waals surface area contributed by atoms with Crippen LogP contribution >= 0.6 is 0 Å². The van der Waals surface area contributed by atoms with Crippen LogP contribution < -0.4 is 5.32 Å². The summed E-state index contributed by atoms with van der Waals surface area (Å²) in [6.45, 7) is 7.68. The second kappa shape index (κ2) is 8.97. The van der Waals surface area contributed by atoms with Gasteiger partial charge in [0.1, 0.15) is 0 Å². The predicted molar refractivity (Wildman–Crippen MR) is 52.2 cm³/mol. The SMILES string of the molecule is CC.CCC(O)C(O)C(C)NC. The minimum absolute atomic E-state index is 0.0463. The van der Waals surface area contributed by atoms with E-state index in [9.17, 15) is 5.11 Å². The molecule has 0 spiro atoms. The Morgan fingerprint density at radius 3 is 1.92 bits per heavy atom.